The minimum Gasteiger partial charge on any atom is -0.330 e. The van der Waals surface area contributed by atoms with Crippen LogP contribution in [0.1, 0.15) is 52.4 Å². The minimum absolute atomic E-state index is 0.855. The average molecular weight is 212 g/mol. The van der Waals surface area contributed by atoms with Crippen LogP contribution in [0.25, 0.3) is 0 Å². The Morgan fingerprint density at radius 1 is 1.20 bits per heavy atom. The highest BCUT2D eigenvalue weighted by atomic mass is 15.2. The molecule has 0 aliphatic carbocycles. The Morgan fingerprint density at radius 3 is 2.07 bits per heavy atom. The van der Waals surface area contributed by atoms with Crippen LogP contribution in [-0.4, -0.2) is 30.6 Å². The highest BCUT2D eigenvalue weighted by Gasteiger charge is 2.30. The lowest BCUT2D eigenvalue weighted by Crippen LogP contribution is -2.46. The molecule has 3 rings (SSSR count). The quantitative estimate of drug-likeness (QED) is 0.729. The standard InChI is InChI=1S/C8H15N.C5H13N/c1-7-6-8-2-4-9(7)5-3-8;1-2-3-4-5-6/h7-8H,2-6H2,1H3;2-6H2,1H3. The van der Waals surface area contributed by atoms with Crippen molar-refractivity contribution in [1.29, 1.82) is 0 Å². The summed E-state index contributed by atoms with van der Waals surface area (Å²) in [6, 6.07) is 0.900. The van der Waals surface area contributed by atoms with Crippen LogP contribution < -0.4 is 5.73 Å². The van der Waals surface area contributed by atoms with E-state index in [0.717, 1.165) is 18.5 Å². The summed E-state index contributed by atoms with van der Waals surface area (Å²) in [5.41, 5.74) is 5.21. The van der Waals surface area contributed by atoms with E-state index in [-0.39, 0.29) is 0 Å². The van der Waals surface area contributed by atoms with E-state index in [0.29, 0.717) is 0 Å². The van der Waals surface area contributed by atoms with Gasteiger partial charge in [-0.3, -0.25) is 0 Å². The zero-order chi connectivity index (χ0) is 11.1. The van der Waals surface area contributed by atoms with Gasteiger partial charge in [-0.25, -0.2) is 0 Å². The molecule has 0 aromatic heterocycles. The van der Waals surface area contributed by atoms with Crippen LogP contribution >= 0.6 is 0 Å². The second kappa shape index (κ2) is 7.24. The summed E-state index contributed by atoms with van der Waals surface area (Å²) in [6.45, 7) is 8.16. The molecule has 3 heterocycles. The number of hydrogen-bond donors (Lipinski definition) is 1. The van der Waals surface area contributed by atoms with Gasteiger partial charge in [-0.1, -0.05) is 19.8 Å². The van der Waals surface area contributed by atoms with Crippen LogP contribution in [0.5, 0.6) is 0 Å². The molecule has 2 N–H and O–H groups in total. The van der Waals surface area contributed by atoms with E-state index >= 15 is 0 Å². The lowest BCUT2D eigenvalue weighted by Gasteiger charge is -2.43. The van der Waals surface area contributed by atoms with E-state index in [1.807, 2.05) is 0 Å². The van der Waals surface area contributed by atoms with Crippen molar-refractivity contribution in [3.05, 3.63) is 0 Å². The van der Waals surface area contributed by atoms with Crippen molar-refractivity contribution in [3.63, 3.8) is 0 Å². The van der Waals surface area contributed by atoms with Crippen molar-refractivity contribution < 1.29 is 0 Å². The van der Waals surface area contributed by atoms with Crippen molar-refractivity contribution in [2.75, 3.05) is 19.6 Å². The van der Waals surface area contributed by atoms with E-state index in [1.54, 1.807) is 0 Å². The van der Waals surface area contributed by atoms with Crippen LogP contribution in [0, 0.1) is 5.92 Å². The molecule has 15 heavy (non-hydrogen) atoms. The number of fused-ring (bicyclic) bond motifs is 3. The van der Waals surface area contributed by atoms with Crippen LogP contribution in [0.4, 0.5) is 0 Å². The maximum absolute atomic E-state index is 5.21. The van der Waals surface area contributed by atoms with Crippen molar-refractivity contribution in [2.45, 2.75) is 58.4 Å². The summed E-state index contributed by atoms with van der Waals surface area (Å²) in [4.78, 5) is 2.62. The van der Waals surface area contributed by atoms with Crippen LogP contribution in [-0.2, 0) is 0 Å². The van der Waals surface area contributed by atoms with Crippen molar-refractivity contribution >= 4 is 0 Å². The zero-order valence-corrected chi connectivity index (χ0v) is 10.5. The van der Waals surface area contributed by atoms with Gasteiger partial charge in [0.1, 0.15) is 0 Å². The van der Waals surface area contributed by atoms with Crippen LogP contribution in [0.2, 0.25) is 0 Å². The van der Waals surface area contributed by atoms with E-state index in [1.165, 1.54) is 51.6 Å². The molecule has 0 spiro atoms. The van der Waals surface area contributed by atoms with Gasteiger partial charge in [0.2, 0.25) is 0 Å². The molecular formula is C13H28N2. The van der Waals surface area contributed by atoms with Crippen LogP contribution in [0.3, 0.4) is 0 Å². The lowest BCUT2D eigenvalue weighted by molar-refractivity contribution is 0.0594. The molecule has 3 fully saturated rings. The molecule has 0 aromatic carbocycles. The van der Waals surface area contributed by atoms with E-state index < -0.39 is 0 Å². The first-order valence-corrected chi connectivity index (χ1v) is 6.72. The number of unbranched alkanes of at least 4 members (excludes halogenated alkanes) is 2. The Hall–Kier alpha value is -0.0800. The molecule has 1 unspecified atom stereocenters. The fraction of sp³-hybridized carbons (Fsp3) is 1.00. The molecule has 3 saturated heterocycles. The Labute approximate surface area is 95.2 Å². The maximum Gasteiger partial charge on any atom is 0.00695 e. The Kier molecular flexibility index (Phi) is 6.26. The van der Waals surface area contributed by atoms with Gasteiger partial charge in [-0.15, -0.1) is 0 Å². The molecule has 1 atom stereocenters. The summed E-state index contributed by atoms with van der Waals surface area (Å²) in [5.74, 6) is 1.09. The fourth-order valence-corrected chi connectivity index (χ4v) is 2.66. The van der Waals surface area contributed by atoms with E-state index in [2.05, 4.69) is 18.7 Å². The summed E-state index contributed by atoms with van der Waals surface area (Å²) >= 11 is 0. The molecule has 0 amide bonds. The largest absolute Gasteiger partial charge is 0.330 e. The molecule has 2 bridgehead atoms. The Bertz CT molecular complexity index is 147. The molecule has 3 aliphatic heterocycles. The predicted octanol–water partition coefficient (Wildman–Crippen LogP) is 2.63. The second-order valence-electron chi connectivity index (χ2n) is 5.06. The third-order valence-electron chi connectivity index (χ3n) is 3.75. The summed E-state index contributed by atoms with van der Waals surface area (Å²) in [7, 11) is 0. The summed E-state index contributed by atoms with van der Waals surface area (Å²) < 4.78 is 0. The van der Waals surface area contributed by atoms with Gasteiger partial charge in [0.25, 0.3) is 0 Å². The highest BCUT2D eigenvalue weighted by molar-refractivity contribution is 4.84. The second-order valence-corrected chi connectivity index (χ2v) is 5.06. The van der Waals surface area contributed by atoms with E-state index in [9.17, 15) is 0 Å². The first-order chi connectivity index (χ1) is 7.27. The minimum atomic E-state index is 0.855. The molecule has 3 aliphatic rings. The molecule has 90 valence electrons. The predicted molar refractivity (Wildman–Crippen MR) is 67.0 cm³/mol. The smallest absolute Gasteiger partial charge is 0.00695 e. The van der Waals surface area contributed by atoms with Gasteiger partial charge in [-0.05, 0) is 58.2 Å². The summed E-state index contributed by atoms with van der Waals surface area (Å²) in [6.07, 6.45) is 8.18. The van der Waals surface area contributed by atoms with Gasteiger partial charge in [-0.2, -0.15) is 0 Å². The summed E-state index contributed by atoms with van der Waals surface area (Å²) in [5, 5.41) is 0. The molecule has 0 radical (unpaired) electrons. The third-order valence-corrected chi connectivity index (χ3v) is 3.75. The number of rotatable bonds is 3. The first-order valence-electron chi connectivity index (χ1n) is 6.72. The van der Waals surface area contributed by atoms with Gasteiger partial charge >= 0.3 is 0 Å². The maximum atomic E-state index is 5.21. The first kappa shape index (κ1) is 13.0. The van der Waals surface area contributed by atoms with Crippen molar-refractivity contribution in [3.8, 4) is 0 Å². The Morgan fingerprint density at radius 2 is 1.87 bits per heavy atom. The monoisotopic (exact) mass is 212 g/mol. The molecule has 0 aromatic rings. The normalized spacial score (nSPS) is 33.4. The highest BCUT2D eigenvalue weighted by Crippen LogP contribution is 2.30. The number of nitrogens with zero attached hydrogens (tertiary/aromatic N) is 1. The molecule has 2 nitrogen and oxygen atoms in total. The Balaban J connectivity index is 0.000000167. The topological polar surface area (TPSA) is 29.3 Å². The van der Waals surface area contributed by atoms with Crippen molar-refractivity contribution in [2.24, 2.45) is 11.7 Å². The number of piperidine rings is 3. The molecular weight excluding hydrogens is 184 g/mol. The zero-order valence-electron chi connectivity index (χ0n) is 10.5. The van der Waals surface area contributed by atoms with Crippen molar-refractivity contribution in [1.82, 2.24) is 4.90 Å². The average Bonchev–Trinajstić information content (AvgIpc) is 2.28. The van der Waals surface area contributed by atoms with Gasteiger partial charge in [0.05, 0.1) is 0 Å². The fourth-order valence-electron chi connectivity index (χ4n) is 2.66. The van der Waals surface area contributed by atoms with Gasteiger partial charge in [0, 0.05) is 6.04 Å². The molecule has 0 saturated carbocycles. The van der Waals surface area contributed by atoms with Gasteiger partial charge in [0.15, 0.2) is 0 Å². The number of nitrogens with two attached hydrogens (primary N) is 1. The third kappa shape index (κ3) is 4.52. The van der Waals surface area contributed by atoms with Gasteiger partial charge < -0.3 is 10.6 Å². The number of hydrogen-bond acceptors (Lipinski definition) is 2. The van der Waals surface area contributed by atoms with E-state index in [4.69, 9.17) is 5.73 Å². The SMILES string of the molecule is CC1CC2CCN1CC2.CCCCCN. The lowest BCUT2D eigenvalue weighted by atomic mass is 9.84. The molecule has 2 heteroatoms. The van der Waals surface area contributed by atoms with Crippen LogP contribution in [0.15, 0.2) is 0 Å².